The molecule has 0 saturated heterocycles. The van der Waals surface area contributed by atoms with E-state index in [1.54, 1.807) is 6.92 Å². The topological polar surface area (TPSA) is 116 Å². The van der Waals surface area contributed by atoms with Crippen LogP contribution in [-0.2, 0) is 0 Å². The summed E-state index contributed by atoms with van der Waals surface area (Å²) in [5.74, 6) is 0.322. The highest BCUT2D eigenvalue weighted by molar-refractivity contribution is 7.73. The molecule has 11 heteroatoms. The number of H-pyrrole nitrogens is 1. The molecule has 2 aromatic heterocycles. The normalized spacial score (nSPS) is 10.8. The van der Waals surface area contributed by atoms with E-state index in [2.05, 4.69) is 20.2 Å². The fourth-order valence-corrected chi connectivity index (χ4v) is 3.29. The highest BCUT2D eigenvalue weighted by Gasteiger charge is 2.24. The number of aromatic amines is 1. The molecule has 0 fully saturated rings. The number of hydrogen-bond acceptors (Lipinski definition) is 9. The molecule has 0 amide bonds. The lowest BCUT2D eigenvalue weighted by Gasteiger charge is -2.11. The van der Waals surface area contributed by atoms with Crippen LogP contribution >= 0.6 is 23.6 Å². The zero-order valence-electron chi connectivity index (χ0n) is 12.8. The molecule has 0 saturated carbocycles. The summed E-state index contributed by atoms with van der Waals surface area (Å²) in [5, 5.41) is 18.7. The first-order valence-corrected chi connectivity index (χ1v) is 7.82. The Kier molecular flexibility index (Phi) is 4.11. The summed E-state index contributed by atoms with van der Waals surface area (Å²) in [4.78, 5) is 19.6. The summed E-state index contributed by atoms with van der Waals surface area (Å²) in [7, 11) is 2.86. The van der Waals surface area contributed by atoms with Crippen LogP contribution in [0.2, 0.25) is 0 Å². The van der Waals surface area contributed by atoms with E-state index in [9.17, 15) is 10.1 Å². The summed E-state index contributed by atoms with van der Waals surface area (Å²) in [5.41, 5.74) is 1.56. The third-order valence-corrected chi connectivity index (χ3v) is 4.47. The first kappa shape index (κ1) is 16.2. The molecule has 9 nitrogen and oxygen atoms in total. The van der Waals surface area contributed by atoms with Gasteiger partial charge in [-0.25, -0.2) is 9.97 Å². The molecule has 0 bridgehead atoms. The van der Waals surface area contributed by atoms with Crippen molar-refractivity contribution < 1.29 is 14.4 Å². The summed E-state index contributed by atoms with van der Waals surface area (Å²) in [6, 6.07) is 1.36. The minimum atomic E-state index is -0.470. The van der Waals surface area contributed by atoms with Crippen LogP contribution in [0.1, 0.15) is 5.56 Å². The third kappa shape index (κ3) is 2.57. The molecule has 124 valence electrons. The zero-order chi connectivity index (χ0) is 17.4. The van der Waals surface area contributed by atoms with Crippen LogP contribution in [-0.4, -0.2) is 39.3 Å². The van der Waals surface area contributed by atoms with Gasteiger partial charge >= 0.3 is 0 Å². The van der Waals surface area contributed by atoms with E-state index in [-0.39, 0.29) is 17.4 Å². The molecule has 0 aliphatic rings. The van der Waals surface area contributed by atoms with E-state index in [1.165, 1.54) is 31.6 Å². The van der Waals surface area contributed by atoms with Crippen molar-refractivity contribution in [1.29, 1.82) is 0 Å². The molecule has 0 aliphatic carbocycles. The van der Waals surface area contributed by atoms with E-state index in [1.807, 2.05) is 0 Å². The number of nitrogens with one attached hydrogen (secondary N) is 1. The van der Waals surface area contributed by atoms with Crippen LogP contribution in [0.25, 0.3) is 21.6 Å². The molecule has 0 radical (unpaired) electrons. The first-order chi connectivity index (χ1) is 11.5. The van der Waals surface area contributed by atoms with Gasteiger partial charge < -0.3 is 9.47 Å². The Morgan fingerprint density at radius 1 is 1.29 bits per heavy atom. The van der Waals surface area contributed by atoms with Crippen LogP contribution in [0.5, 0.6) is 11.8 Å². The smallest absolute Gasteiger partial charge is 0.278 e. The van der Waals surface area contributed by atoms with Crippen molar-refractivity contribution in [3.05, 3.63) is 25.7 Å². The van der Waals surface area contributed by atoms with Crippen LogP contribution in [0, 0.1) is 21.0 Å². The van der Waals surface area contributed by atoms with Crippen LogP contribution in [0.15, 0.2) is 6.07 Å². The molecule has 3 rings (SSSR count). The van der Waals surface area contributed by atoms with Gasteiger partial charge in [-0.2, -0.15) is 5.10 Å². The second-order valence-electron chi connectivity index (χ2n) is 4.68. The molecule has 0 unspecified atom stereocenters. The molecule has 1 N–H and O–H groups in total. The lowest BCUT2D eigenvalue weighted by molar-refractivity contribution is -0.385. The van der Waals surface area contributed by atoms with Gasteiger partial charge in [0.1, 0.15) is 16.0 Å². The Bertz CT molecular complexity index is 1010. The van der Waals surface area contributed by atoms with E-state index in [0.717, 1.165) is 0 Å². The monoisotopic (exact) mass is 365 g/mol. The number of nitro benzene ring substituents is 1. The number of nitro groups is 1. The van der Waals surface area contributed by atoms with Gasteiger partial charge in [0.15, 0.2) is 3.95 Å². The van der Waals surface area contributed by atoms with Gasteiger partial charge in [-0.3, -0.25) is 15.2 Å². The highest BCUT2D eigenvalue weighted by Crippen LogP contribution is 2.39. The van der Waals surface area contributed by atoms with Crippen LogP contribution in [0.4, 0.5) is 5.69 Å². The molecule has 0 aliphatic heterocycles. The van der Waals surface area contributed by atoms with Gasteiger partial charge in [0.2, 0.25) is 0 Å². The molecule has 3 aromatic rings. The van der Waals surface area contributed by atoms with Gasteiger partial charge in [0, 0.05) is 11.6 Å². The Morgan fingerprint density at radius 3 is 2.50 bits per heavy atom. The summed E-state index contributed by atoms with van der Waals surface area (Å²) in [6.07, 6.45) is 0. The fraction of sp³-hybridized carbons (Fsp3) is 0.231. The highest BCUT2D eigenvalue weighted by atomic mass is 32.1. The number of aromatic nitrogens is 4. The predicted octanol–water partition coefficient (Wildman–Crippen LogP) is 3.04. The van der Waals surface area contributed by atoms with Crippen LogP contribution in [0.3, 0.4) is 0 Å². The van der Waals surface area contributed by atoms with E-state index < -0.39 is 4.92 Å². The Balaban J connectivity index is 2.47. The minimum absolute atomic E-state index is 0.0832. The van der Waals surface area contributed by atoms with Crippen molar-refractivity contribution in [3.63, 3.8) is 0 Å². The minimum Gasteiger partial charge on any atom is -0.477 e. The van der Waals surface area contributed by atoms with Crippen molar-refractivity contribution in [2.75, 3.05) is 14.2 Å². The van der Waals surface area contributed by atoms with Crippen molar-refractivity contribution in [1.82, 2.24) is 20.2 Å². The second-order valence-corrected chi connectivity index (χ2v) is 6.35. The second kappa shape index (κ2) is 6.09. The Hall–Kier alpha value is -2.66. The van der Waals surface area contributed by atoms with E-state index in [0.29, 0.717) is 31.1 Å². The molecule has 1 aromatic carbocycles. The summed E-state index contributed by atoms with van der Waals surface area (Å²) in [6.45, 7) is 1.63. The van der Waals surface area contributed by atoms with Crippen molar-refractivity contribution in [2.45, 2.75) is 6.92 Å². The number of methoxy groups -OCH3 is 2. The maximum atomic E-state index is 11.4. The quantitative estimate of drug-likeness (QED) is 0.426. The van der Waals surface area contributed by atoms with Crippen molar-refractivity contribution >= 4 is 40.3 Å². The molecule has 2 heterocycles. The van der Waals surface area contributed by atoms with Crippen LogP contribution < -0.4 is 9.47 Å². The summed E-state index contributed by atoms with van der Waals surface area (Å²) >= 11 is 6.26. The standard InChI is InChI=1S/C13H11N5O4S2/c1-5-7(18(19)20)4-6-9(8(5)12-16-17-13(23)24-12)15-11(22-3)10(14-6)21-2/h4H,1-3H3,(H,17,23). The maximum absolute atomic E-state index is 11.4. The predicted molar refractivity (Wildman–Crippen MR) is 90.3 cm³/mol. The van der Waals surface area contributed by atoms with E-state index >= 15 is 0 Å². The number of fused-ring (bicyclic) bond motifs is 1. The molecule has 0 spiro atoms. The zero-order valence-corrected chi connectivity index (χ0v) is 14.4. The number of ether oxygens (including phenoxy) is 2. The van der Waals surface area contributed by atoms with Crippen molar-refractivity contribution in [2.24, 2.45) is 0 Å². The largest absolute Gasteiger partial charge is 0.477 e. The lowest BCUT2D eigenvalue weighted by Crippen LogP contribution is -2.01. The molecule has 24 heavy (non-hydrogen) atoms. The van der Waals surface area contributed by atoms with Crippen molar-refractivity contribution in [3.8, 4) is 22.3 Å². The van der Waals surface area contributed by atoms with Gasteiger partial charge in [0.05, 0.1) is 24.7 Å². The third-order valence-electron chi connectivity index (χ3n) is 3.37. The first-order valence-electron chi connectivity index (χ1n) is 6.59. The molecule has 0 atom stereocenters. The average molecular weight is 365 g/mol. The number of rotatable bonds is 4. The molecular weight excluding hydrogens is 354 g/mol. The van der Waals surface area contributed by atoms with Gasteiger partial charge in [-0.1, -0.05) is 11.3 Å². The summed E-state index contributed by atoms with van der Waals surface area (Å²) < 4.78 is 10.8. The number of hydrogen-bond donors (Lipinski definition) is 1. The van der Waals surface area contributed by atoms with Gasteiger partial charge in [-0.15, -0.1) is 0 Å². The molecular formula is C13H11N5O4S2. The lowest BCUT2D eigenvalue weighted by atomic mass is 10.0. The number of benzene rings is 1. The van der Waals surface area contributed by atoms with Gasteiger partial charge in [0.25, 0.3) is 17.4 Å². The van der Waals surface area contributed by atoms with Gasteiger partial charge in [-0.05, 0) is 19.1 Å². The fourth-order valence-electron chi connectivity index (χ4n) is 2.30. The Morgan fingerprint density at radius 2 is 1.96 bits per heavy atom. The average Bonchev–Trinajstić information content (AvgIpc) is 2.98. The van der Waals surface area contributed by atoms with E-state index in [4.69, 9.17) is 21.7 Å². The maximum Gasteiger partial charge on any atom is 0.278 e. The Labute approximate surface area is 144 Å². The number of nitrogens with zero attached hydrogens (tertiary/aromatic N) is 4. The SMILES string of the molecule is COc1nc2cc([N+](=O)[O-])c(C)c(-c3n[nH]c(=S)s3)c2nc1OC.